The lowest BCUT2D eigenvalue weighted by molar-refractivity contribution is -0.108. The second-order valence-corrected chi connectivity index (χ2v) is 9.72. The van der Waals surface area contributed by atoms with Gasteiger partial charge in [-0.25, -0.2) is 4.98 Å². The van der Waals surface area contributed by atoms with Gasteiger partial charge in [0, 0.05) is 42.2 Å². The summed E-state index contributed by atoms with van der Waals surface area (Å²) in [7, 11) is 0. The van der Waals surface area contributed by atoms with E-state index in [1.807, 2.05) is 6.92 Å². The molecule has 1 aromatic carbocycles. The average molecular weight is 472 g/mol. The number of unbranched alkanes of at least 4 members (excludes halogenated alkanes) is 3. The molecule has 0 saturated carbocycles. The van der Waals surface area contributed by atoms with Gasteiger partial charge >= 0.3 is 0 Å². The molecule has 0 unspecified atom stereocenters. The molecule has 5 heteroatoms. The molecule has 5 nitrogen and oxygen atoms in total. The molecule has 0 amide bonds. The highest BCUT2D eigenvalue weighted by Gasteiger charge is 2.24. The number of nitrogens with zero attached hydrogens (tertiary/aromatic N) is 3. The number of aryl methyl sites for hydroxylation is 3. The number of aromatic nitrogens is 2. The standard InChI is InChI=1S/C30H37N3O2/c1-4-15-33-27(13-8-6-5-7-11-24-12-9-10-22(2)17-24)29(28(35)18-23(3)14-16-34)26-19-25(20-31)21-32-30(26)33/h9-10,12,16-17,19,21,23H,4-8,11,13-15,18H2,1-3H3/t23-/m1/s1. The summed E-state index contributed by atoms with van der Waals surface area (Å²) in [4.78, 5) is 29.0. The van der Waals surface area contributed by atoms with Crippen LogP contribution in [0.5, 0.6) is 0 Å². The Bertz CT molecular complexity index is 1200. The zero-order valence-electron chi connectivity index (χ0n) is 21.3. The van der Waals surface area contributed by atoms with Crippen molar-refractivity contribution >= 4 is 23.1 Å². The fourth-order valence-electron chi connectivity index (χ4n) is 4.88. The normalized spacial score (nSPS) is 11.9. The first-order valence-corrected chi connectivity index (χ1v) is 12.9. The lowest BCUT2D eigenvalue weighted by Crippen LogP contribution is -2.11. The maximum Gasteiger partial charge on any atom is 0.165 e. The Morgan fingerprint density at radius 3 is 2.63 bits per heavy atom. The number of Topliss-reactive ketones (excluding diaryl/α,β-unsaturated/α-hetero) is 1. The van der Waals surface area contributed by atoms with Gasteiger partial charge < -0.3 is 9.36 Å². The number of aldehydes is 1. The van der Waals surface area contributed by atoms with Crippen molar-refractivity contribution in [2.24, 2.45) is 5.92 Å². The van der Waals surface area contributed by atoms with E-state index in [-0.39, 0.29) is 11.7 Å². The zero-order chi connectivity index (χ0) is 25.2. The van der Waals surface area contributed by atoms with Gasteiger partial charge in [0.05, 0.1) is 5.56 Å². The van der Waals surface area contributed by atoms with Crippen molar-refractivity contribution in [2.45, 2.75) is 85.1 Å². The van der Waals surface area contributed by atoms with Crippen LogP contribution in [-0.4, -0.2) is 21.6 Å². The molecule has 3 aromatic rings. The van der Waals surface area contributed by atoms with E-state index in [1.165, 1.54) is 11.1 Å². The van der Waals surface area contributed by atoms with Crippen LogP contribution in [-0.2, 0) is 24.2 Å². The van der Waals surface area contributed by atoms with Crippen molar-refractivity contribution in [3.8, 4) is 6.07 Å². The zero-order valence-corrected chi connectivity index (χ0v) is 21.3. The van der Waals surface area contributed by atoms with Gasteiger partial charge in [0.25, 0.3) is 0 Å². The maximum absolute atomic E-state index is 13.5. The Labute approximate surface area is 209 Å². The first-order valence-electron chi connectivity index (χ1n) is 12.9. The molecule has 2 heterocycles. The number of rotatable bonds is 14. The number of hydrogen-bond acceptors (Lipinski definition) is 4. The van der Waals surface area contributed by atoms with Crippen LogP contribution in [0.3, 0.4) is 0 Å². The van der Waals surface area contributed by atoms with Gasteiger partial charge in [-0.2, -0.15) is 5.26 Å². The molecule has 2 aromatic heterocycles. The summed E-state index contributed by atoms with van der Waals surface area (Å²) in [5, 5.41) is 10.2. The van der Waals surface area contributed by atoms with E-state index in [0.717, 1.165) is 74.5 Å². The summed E-state index contributed by atoms with van der Waals surface area (Å²) in [6, 6.07) is 12.7. The average Bonchev–Trinajstić information content (AvgIpc) is 3.14. The van der Waals surface area contributed by atoms with Gasteiger partial charge in [0.1, 0.15) is 18.0 Å². The molecule has 1 atom stereocenters. The van der Waals surface area contributed by atoms with Crippen LogP contribution in [0.1, 0.15) is 91.5 Å². The van der Waals surface area contributed by atoms with Gasteiger partial charge in [-0.05, 0) is 56.6 Å². The van der Waals surface area contributed by atoms with Crippen LogP contribution in [0.4, 0.5) is 0 Å². The molecule has 0 bridgehead atoms. The fraction of sp³-hybridized carbons (Fsp3) is 0.467. The number of ketones is 1. The predicted molar refractivity (Wildman–Crippen MR) is 141 cm³/mol. The van der Waals surface area contributed by atoms with E-state index in [9.17, 15) is 14.9 Å². The van der Waals surface area contributed by atoms with E-state index in [4.69, 9.17) is 0 Å². The lowest BCUT2D eigenvalue weighted by atomic mass is 9.94. The molecular formula is C30H37N3O2. The van der Waals surface area contributed by atoms with Crippen molar-refractivity contribution in [1.29, 1.82) is 5.26 Å². The smallest absolute Gasteiger partial charge is 0.165 e. The van der Waals surface area contributed by atoms with Crippen molar-refractivity contribution < 1.29 is 9.59 Å². The number of hydrogen-bond donors (Lipinski definition) is 0. The summed E-state index contributed by atoms with van der Waals surface area (Å²) in [6.07, 6.45) is 10.4. The van der Waals surface area contributed by atoms with Crippen LogP contribution >= 0.6 is 0 Å². The Morgan fingerprint density at radius 2 is 1.94 bits per heavy atom. The highest BCUT2D eigenvalue weighted by Crippen LogP contribution is 2.30. The molecular weight excluding hydrogens is 434 g/mol. The molecule has 0 fully saturated rings. The third kappa shape index (κ3) is 6.88. The van der Waals surface area contributed by atoms with E-state index in [1.54, 1.807) is 12.3 Å². The summed E-state index contributed by atoms with van der Waals surface area (Å²) >= 11 is 0. The van der Waals surface area contributed by atoms with E-state index in [2.05, 4.69) is 53.7 Å². The fourth-order valence-corrected chi connectivity index (χ4v) is 4.88. The summed E-state index contributed by atoms with van der Waals surface area (Å²) in [6.45, 7) is 6.98. The molecule has 184 valence electrons. The highest BCUT2D eigenvalue weighted by molar-refractivity contribution is 6.09. The Morgan fingerprint density at radius 1 is 1.17 bits per heavy atom. The number of pyridine rings is 1. The summed E-state index contributed by atoms with van der Waals surface area (Å²) in [5.74, 6) is 0.0386. The van der Waals surface area contributed by atoms with Crippen molar-refractivity contribution in [1.82, 2.24) is 9.55 Å². The second kappa shape index (κ2) is 13.0. The van der Waals surface area contributed by atoms with Crippen LogP contribution in [0.15, 0.2) is 36.5 Å². The number of benzene rings is 1. The summed E-state index contributed by atoms with van der Waals surface area (Å²) in [5.41, 5.74) is 5.68. The number of carbonyl (C=O) groups excluding carboxylic acids is 2. The first-order chi connectivity index (χ1) is 17.0. The van der Waals surface area contributed by atoms with Crippen molar-refractivity contribution in [3.05, 3.63) is 64.5 Å². The Balaban J connectivity index is 1.79. The van der Waals surface area contributed by atoms with Crippen LogP contribution in [0.25, 0.3) is 11.0 Å². The Hall–Kier alpha value is -3.26. The maximum atomic E-state index is 13.5. The molecule has 0 aliphatic rings. The minimum absolute atomic E-state index is 0.00819. The molecule has 0 N–H and O–H groups in total. The lowest BCUT2D eigenvalue weighted by Gasteiger charge is -2.12. The van der Waals surface area contributed by atoms with Crippen LogP contribution < -0.4 is 0 Å². The monoisotopic (exact) mass is 471 g/mol. The SMILES string of the molecule is CCCn1c(CCCCCCc2cccc(C)c2)c(C(=O)C[C@H](C)CC=O)c2cc(C#N)cnc21. The summed E-state index contributed by atoms with van der Waals surface area (Å²) < 4.78 is 2.18. The van der Waals surface area contributed by atoms with Crippen molar-refractivity contribution in [2.75, 3.05) is 0 Å². The molecule has 0 radical (unpaired) electrons. The van der Waals surface area contributed by atoms with Gasteiger partial charge in [0.15, 0.2) is 5.78 Å². The van der Waals surface area contributed by atoms with Crippen LogP contribution in [0, 0.1) is 24.2 Å². The number of fused-ring (bicyclic) bond motifs is 1. The first kappa shape index (κ1) is 26.3. The van der Waals surface area contributed by atoms with Gasteiger partial charge in [-0.1, -0.05) is 56.5 Å². The van der Waals surface area contributed by atoms with Gasteiger partial charge in [-0.15, -0.1) is 0 Å². The molecule has 0 spiro atoms. The van der Waals surface area contributed by atoms with Crippen LogP contribution in [0.2, 0.25) is 0 Å². The van der Waals surface area contributed by atoms with Gasteiger partial charge in [0.2, 0.25) is 0 Å². The quantitative estimate of drug-likeness (QED) is 0.148. The van der Waals surface area contributed by atoms with E-state index >= 15 is 0 Å². The third-order valence-electron chi connectivity index (χ3n) is 6.61. The van der Waals surface area contributed by atoms with E-state index < -0.39 is 0 Å². The topological polar surface area (TPSA) is 75.8 Å². The van der Waals surface area contributed by atoms with Gasteiger partial charge in [-0.3, -0.25) is 4.79 Å². The Kier molecular flexibility index (Phi) is 9.78. The molecule has 0 saturated heterocycles. The highest BCUT2D eigenvalue weighted by atomic mass is 16.1. The predicted octanol–water partition coefficient (Wildman–Crippen LogP) is 6.77. The van der Waals surface area contributed by atoms with Crippen molar-refractivity contribution in [3.63, 3.8) is 0 Å². The second-order valence-electron chi connectivity index (χ2n) is 9.72. The number of carbonyl (C=O) groups is 2. The number of nitriles is 1. The molecule has 0 aliphatic carbocycles. The minimum atomic E-state index is -0.00819. The minimum Gasteiger partial charge on any atom is -0.329 e. The molecule has 0 aliphatic heterocycles. The third-order valence-corrected chi connectivity index (χ3v) is 6.61. The largest absolute Gasteiger partial charge is 0.329 e. The van der Waals surface area contributed by atoms with E-state index in [0.29, 0.717) is 24.0 Å². The molecule has 35 heavy (non-hydrogen) atoms. The molecule has 3 rings (SSSR count).